The van der Waals surface area contributed by atoms with Crippen LogP contribution in [0.1, 0.15) is 44.3 Å². The zero-order valence-electron chi connectivity index (χ0n) is 15.8. The van der Waals surface area contributed by atoms with E-state index in [0.29, 0.717) is 6.54 Å². The van der Waals surface area contributed by atoms with E-state index < -0.39 is 0 Å². The first-order chi connectivity index (χ1) is 13.0. The summed E-state index contributed by atoms with van der Waals surface area (Å²) < 4.78 is 1.89. The van der Waals surface area contributed by atoms with Crippen LogP contribution in [0.3, 0.4) is 0 Å². The van der Waals surface area contributed by atoms with Crippen molar-refractivity contribution in [3.63, 3.8) is 0 Å². The third kappa shape index (κ3) is 4.52. The lowest BCUT2D eigenvalue weighted by atomic mass is 10.1. The van der Waals surface area contributed by atoms with E-state index in [-0.39, 0.29) is 24.5 Å². The van der Waals surface area contributed by atoms with Gasteiger partial charge in [0.05, 0.1) is 16.3 Å². The van der Waals surface area contributed by atoms with Gasteiger partial charge in [-0.2, -0.15) is 5.10 Å². The Bertz CT molecular complexity index is 957. The highest BCUT2D eigenvalue weighted by Gasteiger charge is 2.15. The minimum atomic E-state index is -0.122. The molecule has 5 nitrogen and oxygen atoms in total. The molecular formula is C21H23N3O2S. The highest BCUT2D eigenvalue weighted by atomic mass is 32.1. The Morgan fingerprint density at radius 3 is 2.44 bits per heavy atom. The second kappa shape index (κ2) is 8.31. The average Bonchev–Trinajstić information content (AvgIpc) is 3.22. The van der Waals surface area contributed by atoms with Crippen LogP contribution in [0.15, 0.2) is 42.5 Å². The van der Waals surface area contributed by atoms with Crippen molar-refractivity contribution in [3.05, 3.63) is 69.2 Å². The van der Waals surface area contributed by atoms with Crippen LogP contribution in [0.2, 0.25) is 0 Å². The molecule has 0 atom stereocenters. The van der Waals surface area contributed by atoms with Crippen molar-refractivity contribution in [3.8, 4) is 5.69 Å². The molecule has 1 N–H and O–H groups in total. The predicted molar refractivity (Wildman–Crippen MR) is 108 cm³/mol. The Balaban J connectivity index is 1.57. The van der Waals surface area contributed by atoms with E-state index in [1.807, 2.05) is 67.9 Å². The molecule has 0 saturated carbocycles. The van der Waals surface area contributed by atoms with E-state index in [1.54, 1.807) is 0 Å². The molecule has 3 aromatic rings. The largest absolute Gasteiger partial charge is 0.352 e. The van der Waals surface area contributed by atoms with E-state index in [9.17, 15) is 9.59 Å². The summed E-state index contributed by atoms with van der Waals surface area (Å²) in [6, 6.07) is 13.7. The molecule has 0 unspecified atom stereocenters. The van der Waals surface area contributed by atoms with Crippen LogP contribution in [0.5, 0.6) is 0 Å². The van der Waals surface area contributed by atoms with Gasteiger partial charge in [-0.1, -0.05) is 18.2 Å². The standard InChI is InChI=1S/C21H23N3O2S/c1-14-9-11-20(27-14)19(25)10-12-21(26)22-13-18-15(2)23-24(16(18)3)17-7-5-4-6-8-17/h4-9,11H,10,12-13H2,1-3H3,(H,22,26). The summed E-state index contributed by atoms with van der Waals surface area (Å²) in [7, 11) is 0. The third-order valence-corrected chi connectivity index (χ3v) is 5.54. The topological polar surface area (TPSA) is 64.0 Å². The number of aryl methyl sites for hydroxylation is 2. The van der Waals surface area contributed by atoms with Crippen LogP contribution in [-0.4, -0.2) is 21.5 Å². The number of aromatic nitrogens is 2. The Hall–Kier alpha value is -2.73. The van der Waals surface area contributed by atoms with Crippen molar-refractivity contribution < 1.29 is 9.59 Å². The number of hydrogen-bond donors (Lipinski definition) is 1. The van der Waals surface area contributed by atoms with Gasteiger partial charge in [0, 0.05) is 35.5 Å². The van der Waals surface area contributed by atoms with Gasteiger partial charge in [0.2, 0.25) is 5.91 Å². The van der Waals surface area contributed by atoms with Gasteiger partial charge in [-0.25, -0.2) is 4.68 Å². The number of amides is 1. The number of thiophene rings is 1. The van der Waals surface area contributed by atoms with Gasteiger partial charge in [0.25, 0.3) is 0 Å². The number of carbonyl (C=O) groups excluding carboxylic acids is 2. The van der Waals surface area contributed by atoms with Crippen LogP contribution in [0.4, 0.5) is 0 Å². The Labute approximate surface area is 163 Å². The van der Waals surface area contributed by atoms with Crippen molar-refractivity contribution in [2.45, 2.75) is 40.2 Å². The molecule has 0 bridgehead atoms. The van der Waals surface area contributed by atoms with Crippen molar-refractivity contribution in [1.29, 1.82) is 0 Å². The second-order valence-corrected chi connectivity index (χ2v) is 7.79. The number of nitrogens with one attached hydrogen (secondary N) is 1. The predicted octanol–water partition coefficient (Wildman–Crippen LogP) is 4.14. The molecule has 3 rings (SSSR count). The molecule has 6 heteroatoms. The number of nitrogens with zero attached hydrogens (tertiary/aromatic N) is 2. The monoisotopic (exact) mass is 381 g/mol. The third-order valence-electron chi connectivity index (χ3n) is 4.50. The molecule has 2 aromatic heterocycles. The number of benzene rings is 1. The molecule has 0 aliphatic carbocycles. The maximum atomic E-state index is 12.2. The maximum absolute atomic E-state index is 12.2. The summed E-state index contributed by atoms with van der Waals surface area (Å²) in [4.78, 5) is 26.1. The minimum Gasteiger partial charge on any atom is -0.352 e. The lowest BCUT2D eigenvalue weighted by Gasteiger charge is -2.07. The van der Waals surface area contributed by atoms with Crippen molar-refractivity contribution in [2.75, 3.05) is 0 Å². The van der Waals surface area contributed by atoms with Gasteiger partial charge in [-0.15, -0.1) is 11.3 Å². The molecule has 0 radical (unpaired) electrons. The second-order valence-electron chi connectivity index (χ2n) is 6.51. The summed E-state index contributed by atoms with van der Waals surface area (Å²) in [5, 5.41) is 7.50. The number of carbonyl (C=O) groups is 2. The molecule has 140 valence electrons. The number of ketones is 1. The average molecular weight is 382 g/mol. The molecule has 0 fully saturated rings. The first kappa shape index (κ1) is 19.0. The van der Waals surface area contributed by atoms with Crippen LogP contribution < -0.4 is 5.32 Å². The lowest BCUT2D eigenvalue weighted by molar-refractivity contribution is -0.121. The zero-order chi connectivity index (χ0) is 19.4. The first-order valence-corrected chi connectivity index (χ1v) is 9.74. The Kier molecular flexibility index (Phi) is 5.86. The maximum Gasteiger partial charge on any atom is 0.220 e. The zero-order valence-corrected chi connectivity index (χ0v) is 16.6. The van der Waals surface area contributed by atoms with Crippen LogP contribution in [0, 0.1) is 20.8 Å². The molecule has 0 aliphatic heterocycles. The molecule has 1 aromatic carbocycles. The van der Waals surface area contributed by atoms with E-state index >= 15 is 0 Å². The first-order valence-electron chi connectivity index (χ1n) is 8.92. The lowest BCUT2D eigenvalue weighted by Crippen LogP contribution is -2.23. The van der Waals surface area contributed by atoms with Crippen LogP contribution in [0.25, 0.3) is 5.69 Å². The number of Topliss-reactive ketones (excluding diaryl/α,β-unsaturated/α-hetero) is 1. The van der Waals surface area contributed by atoms with E-state index in [2.05, 4.69) is 10.4 Å². The summed E-state index contributed by atoms with van der Waals surface area (Å²) in [5.41, 5.74) is 3.89. The molecule has 0 aliphatic rings. The van der Waals surface area contributed by atoms with Gasteiger partial charge >= 0.3 is 0 Å². The van der Waals surface area contributed by atoms with Crippen molar-refractivity contribution in [1.82, 2.24) is 15.1 Å². The molecule has 2 heterocycles. The number of para-hydroxylation sites is 1. The van der Waals surface area contributed by atoms with E-state index in [4.69, 9.17) is 0 Å². The van der Waals surface area contributed by atoms with Gasteiger partial charge in [0.1, 0.15) is 0 Å². The molecule has 27 heavy (non-hydrogen) atoms. The minimum absolute atomic E-state index is 0.0208. The fourth-order valence-electron chi connectivity index (χ4n) is 2.96. The quantitative estimate of drug-likeness (QED) is 0.626. The summed E-state index contributed by atoms with van der Waals surface area (Å²) in [5.74, 6) is -0.101. The smallest absolute Gasteiger partial charge is 0.220 e. The summed E-state index contributed by atoms with van der Waals surface area (Å²) in [6.45, 7) is 6.32. The summed E-state index contributed by atoms with van der Waals surface area (Å²) >= 11 is 1.47. The van der Waals surface area contributed by atoms with Gasteiger partial charge < -0.3 is 5.32 Å². The van der Waals surface area contributed by atoms with E-state index in [0.717, 1.165) is 32.4 Å². The van der Waals surface area contributed by atoms with Crippen molar-refractivity contribution >= 4 is 23.0 Å². The molecule has 0 spiro atoms. The summed E-state index contributed by atoms with van der Waals surface area (Å²) in [6.07, 6.45) is 0.424. The van der Waals surface area contributed by atoms with Crippen LogP contribution >= 0.6 is 11.3 Å². The molecule has 1 amide bonds. The highest BCUT2D eigenvalue weighted by molar-refractivity contribution is 7.14. The van der Waals surface area contributed by atoms with Gasteiger partial charge in [-0.05, 0) is 45.0 Å². The fourth-order valence-corrected chi connectivity index (χ4v) is 3.80. The van der Waals surface area contributed by atoms with Gasteiger partial charge in [0.15, 0.2) is 5.78 Å². The molecule has 0 saturated heterocycles. The normalized spacial score (nSPS) is 10.8. The van der Waals surface area contributed by atoms with Crippen molar-refractivity contribution in [2.24, 2.45) is 0 Å². The Morgan fingerprint density at radius 1 is 1.04 bits per heavy atom. The fraction of sp³-hybridized carbons (Fsp3) is 0.286. The number of hydrogen-bond acceptors (Lipinski definition) is 4. The number of rotatable bonds is 7. The van der Waals surface area contributed by atoms with Gasteiger partial charge in [-0.3, -0.25) is 9.59 Å². The van der Waals surface area contributed by atoms with Crippen LogP contribution in [-0.2, 0) is 11.3 Å². The highest BCUT2D eigenvalue weighted by Crippen LogP contribution is 2.19. The SMILES string of the molecule is Cc1ccc(C(=O)CCC(=O)NCc2c(C)nn(-c3ccccc3)c2C)s1. The molecular weight excluding hydrogens is 358 g/mol. The Morgan fingerprint density at radius 2 is 1.78 bits per heavy atom. The van der Waals surface area contributed by atoms with E-state index in [1.165, 1.54) is 11.3 Å².